The Morgan fingerprint density at radius 1 is 1.47 bits per heavy atom. The van der Waals surface area contributed by atoms with E-state index >= 15 is 0 Å². The number of hydrogen-bond acceptors (Lipinski definition) is 3. The minimum absolute atomic E-state index is 0.0796. The van der Waals surface area contributed by atoms with E-state index in [2.05, 4.69) is 5.32 Å². The van der Waals surface area contributed by atoms with E-state index in [0.717, 1.165) is 17.9 Å². The topological polar surface area (TPSA) is 58.6 Å². The highest BCUT2D eigenvalue weighted by Crippen LogP contribution is 2.19. The number of nitrogens with one attached hydrogen (secondary N) is 1. The maximum absolute atomic E-state index is 11.0. The summed E-state index contributed by atoms with van der Waals surface area (Å²) < 4.78 is 5.37. The molecule has 19 heavy (non-hydrogen) atoms. The fraction of sp³-hybridized carbons (Fsp3) is 0.400. The summed E-state index contributed by atoms with van der Waals surface area (Å²) in [5.41, 5.74) is 1.04. The van der Waals surface area contributed by atoms with Gasteiger partial charge in [0, 0.05) is 6.04 Å². The summed E-state index contributed by atoms with van der Waals surface area (Å²) in [5, 5.41) is 12.3. The third-order valence-electron chi connectivity index (χ3n) is 3.27. The van der Waals surface area contributed by atoms with E-state index in [1.807, 2.05) is 43.3 Å². The first-order valence-electron chi connectivity index (χ1n) is 6.58. The van der Waals surface area contributed by atoms with Gasteiger partial charge < -0.3 is 15.2 Å². The molecular formula is C15H19NO3. The molecule has 2 rings (SSSR count). The molecule has 2 atom stereocenters. The molecule has 1 aromatic rings. The predicted octanol–water partition coefficient (Wildman–Crippen LogP) is 2.16. The van der Waals surface area contributed by atoms with Crippen molar-refractivity contribution in [2.45, 2.75) is 19.4 Å². The number of carboxylic acid groups (broad SMARTS) is 1. The van der Waals surface area contributed by atoms with Gasteiger partial charge in [0.2, 0.25) is 0 Å². The van der Waals surface area contributed by atoms with Gasteiger partial charge in [0.05, 0.1) is 12.5 Å². The number of carbonyl (C=O) groups is 1. The molecular weight excluding hydrogens is 242 g/mol. The second-order valence-corrected chi connectivity index (χ2v) is 4.57. The summed E-state index contributed by atoms with van der Waals surface area (Å²) in [7, 11) is 0. The molecule has 4 nitrogen and oxygen atoms in total. The fourth-order valence-electron chi connectivity index (χ4n) is 2.26. The van der Waals surface area contributed by atoms with Crippen LogP contribution >= 0.6 is 0 Å². The Kier molecular flexibility index (Phi) is 4.58. The van der Waals surface area contributed by atoms with Crippen LogP contribution in [0.4, 0.5) is 0 Å². The molecule has 4 heteroatoms. The van der Waals surface area contributed by atoms with Gasteiger partial charge in [-0.1, -0.05) is 24.3 Å². The molecule has 1 heterocycles. The Morgan fingerprint density at radius 2 is 2.21 bits per heavy atom. The van der Waals surface area contributed by atoms with Crippen LogP contribution < -0.4 is 10.1 Å². The molecule has 102 valence electrons. The summed E-state index contributed by atoms with van der Waals surface area (Å²) in [6.07, 6.45) is 4.57. The lowest BCUT2D eigenvalue weighted by Gasteiger charge is -2.10. The van der Waals surface area contributed by atoms with Gasteiger partial charge in [-0.3, -0.25) is 4.79 Å². The number of carboxylic acids is 1. The largest absolute Gasteiger partial charge is 0.494 e. The quantitative estimate of drug-likeness (QED) is 0.852. The van der Waals surface area contributed by atoms with E-state index < -0.39 is 5.97 Å². The van der Waals surface area contributed by atoms with Gasteiger partial charge in [0.15, 0.2) is 0 Å². The molecule has 0 amide bonds. The Bertz CT molecular complexity index is 453. The van der Waals surface area contributed by atoms with Crippen molar-refractivity contribution in [2.24, 2.45) is 5.92 Å². The maximum Gasteiger partial charge on any atom is 0.308 e. The van der Waals surface area contributed by atoms with Crippen LogP contribution in [0, 0.1) is 5.92 Å². The minimum atomic E-state index is -0.730. The van der Waals surface area contributed by atoms with Gasteiger partial charge in [0.25, 0.3) is 0 Å². The molecule has 0 aliphatic carbocycles. The minimum Gasteiger partial charge on any atom is -0.494 e. The molecule has 0 aromatic heterocycles. The molecule has 2 unspecified atom stereocenters. The fourth-order valence-corrected chi connectivity index (χ4v) is 2.26. The highest BCUT2D eigenvalue weighted by atomic mass is 16.5. The first kappa shape index (κ1) is 13.6. The predicted molar refractivity (Wildman–Crippen MR) is 74.2 cm³/mol. The monoisotopic (exact) mass is 261 g/mol. The Morgan fingerprint density at radius 3 is 2.84 bits per heavy atom. The number of hydrogen-bond donors (Lipinski definition) is 2. The summed E-state index contributed by atoms with van der Waals surface area (Å²) in [6.45, 7) is 3.36. The SMILES string of the molecule is CCOc1ccc(/C=C\C2NCCC2C(=O)O)cc1. The van der Waals surface area contributed by atoms with E-state index in [0.29, 0.717) is 13.0 Å². The zero-order valence-electron chi connectivity index (χ0n) is 11.0. The smallest absolute Gasteiger partial charge is 0.308 e. The van der Waals surface area contributed by atoms with E-state index in [9.17, 15) is 4.79 Å². The van der Waals surface area contributed by atoms with E-state index in [-0.39, 0.29) is 12.0 Å². The highest BCUT2D eigenvalue weighted by molar-refractivity contribution is 5.72. The van der Waals surface area contributed by atoms with Crippen LogP contribution in [0.2, 0.25) is 0 Å². The summed E-state index contributed by atoms with van der Waals surface area (Å²) >= 11 is 0. The van der Waals surface area contributed by atoms with Crippen molar-refractivity contribution >= 4 is 12.0 Å². The molecule has 0 saturated carbocycles. The third kappa shape index (κ3) is 3.58. The van der Waals surface area contributed by atoms with E-state index in [1.165, 1.54) is 0 Å². The van der Waals surface area contributed by atoms with Gasteiger partial charge in [-0.25, -0.2) is 0 Å². The van der Waals surface area contributed by atoms with Gasteiger partial charge >= 0.3 is 5.97 Å². The molecule has 1 saturated heterocycles. The summed E-state index contributed by atoms with van der Waals surface area (Å²) in [6, 6.07) is 7.68. The molecule has 1 aliphatic heterocycles. The molecule has 2 N–H and O–H groups in total. The number of rotatable bonds is 5. The number of aliphatic carboxylic acids is 1. The molecule has 0 spiro atoms. The van der Waals surface area contributed by atoms with Crippen LogP contribution in [0.3, 0.4) is 0 Å². The van der Waals surface area contributed by atoms with Gasteiger partial charge in [-0.15, -0.1) is 0 Å². The Hall–Kier alpha value is -1.81. The Balaban J connectivity index is 1.99. The van der Waals surface area contributed by atoms with Crippen LogP contribution in [-0.2, 0) is 4.79 Å². The zero-order valence-corrected chi connectivity index (χ0v) is 11.0. The van der Waals surface area contributed by atoms with Crippen LogP contribution in [-0.4, -0.2) is 30.3 Å². The summed E-state index contributed by atoms with van der Waals surface area (Å²) in [5.74, 6) is -0.202. The lowest BCUT2D eigenvalue weighted by atomic mass is 10.00. The molecule has 0 radical (unpaired) electrons. The maximum atomic E-state index is 11.0. The van der Waals surface area contributed by atoms with Crippen molar-refractivity contribution in [3.63, 3.8) is 0 Å². The van der Waals surface area contributed by atoms with Crippen LogP contribution in [0.5, 0.6) is 5.75 Å². The lowest BCUT2D eigenvalue weighted by molar-refractivity contribution is -0.141. The van der Waals surface area contributed by atoms with Crippen LogP contribution in [0.1, 0.15) is 18.9 Å². The normalized spacial score (nSPS) is 22.8. The van der Waals surface area contributed by atoms with E-state index in [1.54, 1.807) is 0 Å². The average Bonchev–Trinajstić information content (AvgIpc) is 2.87. The number of ether oxygens (including phenoxy) is 1. The van der Waals surface area contributed by atoms with E-state index in [4.69, 9.17) is 9.84 Å². The zero-order chi connectivity index (χ0) is 13.7. The lowest BCUT2D eigenvalue weighted by Crippen LogP contribution is -2.29. The second kappa shape index (κ2) is 6.38. The molecule has 1 aromatic carbocycles. The number of benzene rings is 1. The second-order valence-electron chi connectivity index (χ2n) is 4.57. The third-order valence-corrected chi connectivity index (χ3v) is 3.27. The van der Waals surface area contributed by atoms with Crippen LogP contribution in [0.25, 0.3) is 6.08 Å². The van der Waals surface area contributed by atoms with Crippen molar-refractivity contribution in [3.8, 4) is 5.75 Å². The molecule has 1 aliphatic rings. The van der Waals surface area contributed by atoms with Crippen molar-refractivity contribution in [2.75, 3.05) is 13.2 Å². The van der Waals surface area contributed by atoms with Gasteiger partial charge in [-0.05, 0) is 37.6 Å². The standard InChI is InChI=1S/C15H19NO3/c1-2-19-12-6-3-11(4-7-12)5-8-14-13(15(17)18)9-10-16-14/h3-8,13-14,16H,2,9-10H2,1H3,(H,17,18)/b8-5-. The first-order chi connectivity index (χ1) is 9.20. The highest BCUT2D eigenvalue weighted by Gasteiger charge is 2.30. The Labute approximate surface area is 113 Å². The van der Waals surface area contributed by atoms with Crippen molar-refractivity contribution in [3.05, 3.63) is 35.9 Å². The van der Waals surface area contributed by atoms with Crippen molar-refractivity contribution < 1.29 is 14.6 Å². The van der Waals surface area contributed by atoms with Gasteiger partial charge in [0.1, 0.15) is 5.75 Å². The van der Waals surface area contributed by atoms with Crippen LogP contribution in [0.15, 0.2) is 30.3 Å². The summed E-state index contributed by atoms with van der Waals surface area (Å²) in [4.78, 5) is 11.0. The first-order valence-corrected chi connectivity index (χ1v) is 6.58. The molecule has 1 fully saturated rings. The molecule has 0 bridgehead atoms. The van der Waals surface area contributed by atoms with Gasteiger partial charge in [-0.2, -0.15) is 0 Å². The van der Waals surface area contributed by atoms with Crippen molar-refractivity contribution in [1.82, 2.24) is 5.32 Å². The average molecular weight is 261 g/mol. The van der Waals surface area contributed by atoms with Crippen molar-refractivity contribution in [1.29, 1.82) is 0 Å².